The van der Waals surface area contributed by atoms with Gasteiger partial charge in [-0.15, -0.1) is 5.48 Å². The van der Waals surface area contributed by atoms with E-state index in [0.29, 0.717) is 18.7 Å². The number of piperazine rings is 1. The second kappa shape index (κ2) is 14.6. The summed E-state index contributed by atoms with van der Waals surface area (Å²) in [6.07, 6.45) is -7.64. The van der Waals surface area contributed by atoms with Crippen molar-refractivity contribution in [1.29, 1.82) is 5.41 Å². The average molecular weight is 603 g/mol. The number of amidine groups is 1. The highest BCUT2D eigenvalue weighted by Crippen LogP contribution is 2.30. The van der Waals surface area contributed by atoms with Gasteiger partial charge in [0, 0.05) is 37.3 Å². The van der Waals surface area contributed by atoms with Crippen LogP contribution in [0.4, 0.5) is 0 Å². The van der Waals surface area contributed by atoms with Gasteiger partial charge >= 0.3 is 0 Å². The standard InChI is InChI=1S/C28H38N6O9/c1-33-9-11-34(12-10-33)21(36)14-31-27(40)22(32-43-17-6-4-5-16(13-17)26(29)30)18-7-2-3-8-19(18)41-28-25(39)24(38)23(37)20(15-35)42-28/h2-8,13,20,22-25,28,32,35,37-39H,9-12,14-15H2,1H3,(H3,29,30)(H,31,40). The van der Waals surface area contributed by atoms with Crippen LogP contribution in [0.5, 0.6) is 11.5 Å². The molecular formula is C28H38N6O9. The number of para-hydroxylation sites is 1. The largest absolute Gasteiger partial charge is 0.462 e. The molecular weight excluding hydrogens is 564 g/mol. The Labute approximate surface area is 248 Å². The fourth-order valence-corrected chi connectivity index (χ4v) is 4.66. The Hall–Kier alpha value is -3.83. The van der Waals surface area contributed by atoms with Crippen molar-refractivity contribution < 1.29 is 44.3 Å². The molecule has 0 radical (unpaired) electrons. The number of nitrogens with zero attached hydrogens (tertiary/aromatic N) is 2. The topological polar surface area (TPSA) is 223 Å². The van der Waals surface area contributed by atoms with Gasteiger partial charge in [0.05, 0.1) is 13.2 Å². The summed E-state index contributed by atoms with van der Waals surface area (Å²) < 4.78 is 11.3. The van der Waals surface area contributed by atoms with E-state index in [9.17, 15) is 30.0 Å². The zero-order valence-corrected chi connectivity index (χ0v) is 23.6. The van der Waals surface area contributed by atoms with Crippen LogP contribution in [0.2, 0.25) is 0 Å². The van der Waals surface area contributed by atoms with E-state index in [1.807, 2.05) is 7.05 Å². The summed E-state index contributed by atoms with van der Waals surface area (Å²) in [4.78, 5) is 35.8. The van der Waals surface area contributed by atoms with Crippen LogP contribution in [0, 0.1) is 5.41 Å². The molecule has 15 heteroatoms. The van der Waals surface area contributed by atoms with E-state index in [2.05, 4.69) is 15.7 Å². The maximum atomic E-state index is 13.6. The molecule has 2 aliphatic heterocycles. The van der Waals surface area contributed by atoms with E-state index in [-0.39, 0.29) is 35.4 Å². The number of aliphatic hydroxyl groups excluding tert-OH is 4. The van der Waals surface area contributed by atoms with Crippen molar-refractivity contribution in [3.63, 3.8) is 0 Å². The lowest BCUT2D eigenvalue weighted by atomic mass is 9.99. The Balaban J connectivity index is 1.56. The molecule has 0 aliphatic carbocycles. The van der Waals surface area contributed by atoms with Gasteiger partial charge in [-0.05, 0) is 25.2 Å². The van der Waals surface area contributed by atoms with Crippen molar-refractivity contribution in [2.45, 2.75) is 36.7 Å². The molecule has 6 unspecified atom stereocenters. The molecule has 2 amide bonds. The van der Waals surface area contributed by atoms with E-state index in [0.717, 1.165) is 13.1 Å². The summed E-state index contributed by atoms with van der Waals surface area (Å²) in [5.41, 5.74) is 8.87. The third kappa shape index (κ3) is 7.97. The number of carbonyl (C=O) groups is 2. The Morgan fingerprint density at radius 3 is 2.49 bits per heavy atom. The number of nitrogen functional groups attached to an aromatic ring is 1. The highest BCUT2D eigenvalue weighted by atomic mass is 16.7. The van der Waals surface area contributed by atoms with E-state index < -0.39 is 49.3 Å². The molecule has 15 nitrogen and oxygen atoms in total. The number of likely N-dealkylation sites (N-methyl/N-ethyl adjacent to an activating group) is 1. The first kappa shape index (κ1) is 32.1. The average Bonchev–Trinajstić information content (AvgIpc) is 3.01. The van der Waals surface area contributed by atoms with E-state index in [4.69, 9.17) is 25.5 Å². The van der Waals surface area contributed by atoms with Crippen LogP contribution in [0.1, 0.15) is 17.2 Å². The molecule has 9 N–H and O–H groups in total. The number of nitrogens with two attached hydrogens (primary N) is 1. The summed E-state index contributed by atoms with van der Waals surface area (Å²) in [7, 11) is 1.97. The zero-order valence-electron chi connectivity index (χ0n) is 23.6. The molecule has 0 bridgehead atoms. The normalized spacial score (nSPS) is 25.0. The van der Waals surface area contributed by atoms with Gasteiger partial charge in [-0.1, -0.05) is 30.3 Å². The van der Waals surface area contributed by atoms with Gasteiger partial charge in [0.25, 0.3) is 0 Å². The van der Waals surface area contributed by atoms with E-state index in [1.54, 1.807) is 41.3 Å². The Morgan fingerprint density at radius 1 is 1.07 bits per heavy atom. The maximum absolute atomic E-state index is 13.6. The van der Waals surface area contributed by atoms with E-state index in [1.165, 1.54) is 12.1 Å². The molecule has 0 saturated carbocycles. The number of nitrogens with one attached hydrogen (secondary N) is 3. The molecule has 0 spiro atoms. The highest BCUT2D eigenvalue weighted by Gasteiger charge is 2.45. The van der Waals surface area contributed by atoms with Gasteiger partial charge in [-0.2, -0.15) is 0 Å². The number of hydrogen-bond acceptors (Lipinski definition) is 12. The van der Waals surface area contributed by atoms with Crippen molar-refractivity contribution in [2.75, 3.05) is 46.4 Å². The van der Waals surface area contributed by atoms with Gasteiger partial charge in [-0.3, -0.25) is 15.0 Å². The van der Waals surface area contributed by atoms with Crippen molar-refractivity contribution in [1.82, 2.24) is 20.6 Å². The molecule has 2 aliphatic rings. The summed E-state index contributed by atoms with van der Waals surface area (Å²) in [5, 5.41) is 50.7. The minimum absolute atomic E-state index is 0.0472. The number of amides is 2. The first-order chi connectivity index (χ1) is 20.6. The molecule has 2 heterocycles. The molecule has 234 valence electrons. The van der Waals surface area contributed by atoms with Crippen molar-refractivity contribution in [3.05, 3.63) is 59.7 Å². The quantitative estimate of drug-likeness (QED) is 0.0770. The van der Waals surface area contributed by atoms with Crippen LogP contribution < -0.4 is 26.1 Å². The number of rotatable bonds is 11. The number of hydroxylamine groups is 1. The van der Waals surface area contributed by atoms with Crippen LogP contribution in [0.25, 0.3) is 0 Å². The van der Waals surface area contributed by atoms with Crippen LogP contribution >= 0.6 is 0 Å². The van der Waals surface area contributed by atoms with Crippen LogP contribution in [0.15, 0.2) is 48.5 Å². The number of carbonyl (C=O) groups excluding carboxylic acids is 2. The van der Waals surface area contributed by atoms with Gasteiger partial charge in [0.15, 0.2) is 0 Å². The Kier molecular flexibility index (Phi) is 10.9. The lowest BCUT2D eigenvalue weighted by Crippen LogP contribution is -2.60. The molecule has 2 saturated heterocycles. The van der Waals surface area contributed by atoms with Crippen LogP contribution in [-0.4, -0.2) is 125 Å². The predicted octanol–water partition coefficient (Wildman–Crippen LogP) is -2.34. The summed E-state index contributed by atoms with van der Waals surface area (Å²) in [6, 6.07) is 11.3. The van der Waals surface area contributed by atoms with Gasteiger partial charge in [-0.25, -0.2) is 0 Å². The molecule has 4 rings (SSSR count). The van der Waals surface area contributed by atoms with Crippen LogP contribution in [-0.2, 0) is 14.3 Å². The van der Waals surface area contributed by atoms with Crippen molar-refractivity contribution in [3.8, 4) is 11.5 Å². The van der Waals surface area contributed by atoms with E-state index >= 15 is 0 Å². The number of hydrogen-bond donors (Lipinski definition) is 8. The smallest absolute Gasteiger partial charge is 0.245 e. The Morgan fingerprint density at radius 2 is 1.79 bits per heavy atom. The molecule has 6 atom stereocenters. The molecule has 0 aromatic heterocycles. The zero-order chi connectivity index (χ0) is 31.1. The number of ether oxygens (including phenoxy) is 2. The third-order valence-electron chi connectivity index (χ3n) is 7.29. The molecule has 43 heavy (non-hydrogen) atoms. The fraction of sp³-hybridized carbons (Fsp3) is 0.464. The summed E-state index contributed by atoms with van der Waals surface area (Å²) in [6.45, 7) is 1.61. The molecule has 2 fully saturated rings. The van der Waals surface area contributed by atoms with Gasteiger partial charge in [0.1, 0.15) is 47.8 Å². The first-order valence-corrected chi connectivity index (χ1v) is 13.8. The number of benzene rings is 2. The SMILES string of the molecule is CN1CCN(C(=O)CNC(=O)C(NOc2cccc(C(=N)N)c2)c2ccccc2OC2OC(CO)C(O)C(O)C2O)CC1. The third-order valence-corrected chi connectivity index (χ3v) is 7.29. The van der Waals surface area contributed by atoms with Gasteiger partial charge < -0.3 is 55.6 Å². The summed E-state index contributed by atoms with van der Waals surface area (Å²) >= 11 is 0. The minimum Gasteiger partial charge on any atom is -0.462 e. The minimum atomic E-state index is -1.68. The van der Waals surface area contributed by atoms with Crippen molar-refractivity contribution >= 4 is 17.6 Å². The monoisotopic (exact) mass is 602 g/mol. The number of aliphatic hydroxyl groups is 4. The predicted molar refractivity (Wildman–Crippen MR) is 152 cm³/mol. The maximum Gasteiger partial charge on any atom is 0.245 e. The van der Waals surface area contributed by atoms with Crippen LogP contribution in [0.3, 0.4) is 0 Å². The first-order valence-electron chi connectivity index (χ1n) is 13.8. The van der Waals surface area contributed by atoms with Gasteiger partial charge in [0.2, 0.25) is 18.1 Å². The Bertz CT molecular complexity index is 1270. The second-order valence-electron chi connectivity index (χ2n) is 10.3. The lowest BCUT2D eigenvalue weighted by molar-refractivity contribution is -0.277. The fourth-order valence-electron chi connectivity index (χ4n) is 4.66. The highest BCUT2D eigenvalue weighted by molar-refractivity contribution is 5.95. The molecule has 2 aromatic carbocycles. The molecule has 2 aromatic rings. The summed E-state index contributed by atoms with van der Waals surface area (Å²) in [5.74, 6) is -0.783. The second-order valence-corrected chi connectivity index (χ2v) is 10.3. The van der Waals surface area contributed by atoms with Crippen molar-refractivity contribution in [2.24, 2.45) is 5.73 Å². The lowest BCUT2D eigenvalue weighted by Gasteiger charge is -2.39.